The summed E-state index contributed by atoms with van der Waals surface area (Å²) in [5.74, 6) is 1.88. The second-order valence-corrected chi connectivity index (χ2v) is 6.60. The van der Waals surface area contributed by atoms with Gasteiger partial charge in [0.15, 0.2) is 0 Å². The van der Waals surface area contributed by atoms with Gasteiger partial charge in [-0.15, -0.1) is 0 Å². The first-order valence-electron chi connectivity index (χ1n) is 8.96. The van der Waals surface area contributed by atoms with Gasteiger partial charge in [-0.25, -0.2) is 0 Å². The lowest BCUT2D eigenvalue weighted by molar-refractivity contribution is 0.302. The maximum absolute atomic E-state index is 5.47. The van der Waals surface area contributed by atoms with E-state index in [4.69, 9.17) is 9.47 Å². The third-order valence-corrected chi connectivity index (χ3v) is 4.98. The summed E-state index contributed by atoms with van der Waals surface area (Å²) in [7, 11) is 3.45. The molecule has 1 saturated heterocycles. The predicted molar refractivity (Wildman–Crippen MR) is 101 cm³/mol. The molecular formula is C21H28N2O2. The van der Waals surface area contributed by atoms with Crippen molar-refractivity contribution < 1.29 is 9.47 Å². The Morgan fingerprint density at radius 2 is 1.88 bits per heavy atom. The summed E-state index contributed by atoms with van der Waals surface area (Å²) >= 11 is 0. The summed E-state index contributed by atoms with van der Waals surface area (Å²) in [6.45, 7) is 3.97. The van der Waals surface area contributed by atoms with Crippen LogP contribution < -0.4 is 20.1 Å². The number of para-hydroxylation sites is 1. The molecule has 0 aliphatic carbocycles. The first-order chi connectivity index (χ1) is 12.2. The fourth-order valence-corrected chi connectivity index (χ4v) is 3.64. The van der Waals surface area contributed by atoms with Crippen molar-refractivity contribution in [2.24, 2.45) is 0 Å². The number of ether oxygens (including phenoxy) is 2. The van der Waals surface area contributed by atoms with Crippen molar-refractivity contribution in [3.63, 3.8) is 0 Å². The van der Waals surface area contributed by atoms with Crippen molar-refractivity contribution in [3.8, 4) is 11.5 Å². The quantitative estimate of drug-likeness (QED) is 0.843. The van der Waals surface area contributed by atoms with E-state index >= 15 is 0 Å². The molecule has 134 valence electrons. The zero-order chi connectivity index (χ0) is 17.6. The van der Waals surface area contributed by atoms with Crippen LogP contribution in [0.2, 0.25) is 0 Å². The fourth-order valence-electron chi connectivity index (χ4n) is 3.64. The van der Waals surface area contributed by atoms with E-state index in [2.05, 4.69) is 47.9 Å². The van der Waals surface area contributed by atoms with E-state index in [-0.39, 0.29) is 0 Å². The summed E-state index contributed by atoms with van der Waals surface area (Å²) in [4.78, 5) is 0. The second kappa shape index (κ2) is 8.37. The first-order valence-corrected chi connectivity index (χ1v) is 8.96. The van der Waals surface area contributed by atoms with Gasteiger partial charge in [0.25, 0.3) is 0 Å². The molecule has 2 atom stereocenters. The van der Waals surface area contributed by atoms with Gasteiger partial charge in [-0.2, -0.15) is 0 Å². The summed E-state index contributed by atoms with van der Waals surface area (Å²) in [5, 5.41) is 7.42. The Kier molecular flexibility index (Phi) is 5.95. The standard InChI is InChI=1S/C21H28N2O2/c1-15-13-16(10-11-19(15)24-2)21-18(8-6-12-22-21)23-14-17-7-4-5-9-20(17)25-3/h4-5,7,9-11,13,18,21-23H,6,8,12,14H2,1-3H3/t18-,21-/m1/s1. The van der Waals surface area contributed by atoms with Gasteiger partial charge < -0.3 is 20.1 Å². The van der Waals surface area contributed by atoms with Crippen LogP contribution in [0.15, 0.2) is 42.5 Å². The summed E-state index contributed by atoms with van der Waals surface area (Å²) in [6, 6.07) is 15.4. The van der Waals surface area contributed by atoms with Crippen molar-refractivity contribution in [1.82, 2.24) is 10.6 Å². The Bertz CT molecular complexity index is 702. The van der Waals surface area contributed by atoms with E-state index in [1.807, 2.05) is 12.1 Å². The number of hydrogen-bond acceptors (Lipinski definition) is 4. The van der Waals surface area contributed by atoms with Gasteiger partial charge in [-0.1, -0.05) is 30.3 Å². The van der Waals surface area contributed by atoms with Crippen LogP contribution >= 0.6 is 0 Å². The zero-order valence-corrected chi connectivity index (χ0v) is 15.3. The molecule has 0 bridgehead atoms. The number of piperidine rings is 1. The molecule has 0 amide bonds. The van der Waals surface area contributed by atoms with Crippen LogP contribution in [0.1, 0.15) is 35.6 Å². The molecular weight excluding hydrogens is 312 g/mol. The molecule has 25 heavy (non-hydrogen) atoms. The topological polar surface area (TPSA) is 42.5 Å². The number of hydrogen-bond donors (Lipinski definition) is 2. The van der Waals surface area contributed by atoms with Gasteiger partial charge in [0.2, 0.25) is 0 Å². The molecule has 1 aliphatic heterocycles. The number of aryl methyl sites for hydroxylation is 1. The highest BCUT2D eigenvalue weighted by Crippen LogP contribution is 2.28. The van der Waals surface area contributed by atoms with Gasteiger partial charge in [-0.05, 0) is 49.6 Å². The first kappa shape index (κ1) is 17.8. The highest BCUT2D eigenvalue weighted by Gasteiger charge is 2.26. The van der Waals surface area contributed by atoms with Crippen LogP contribution in [0.5, 0.6) is 11.5 Å². The maximum Gasteiger partial charge on any atom is 0.123 e. The lowest BCUT2D eigenvalue weighted by atomic mass is 9.91. The maximum atomic E-state index is 5.47. The Morgan fingerprint density at radius 1 is 1.08 bits per heavy atom. The van der Waals surface area contributed by atoms with Crippen molar-refractivity contribution in [2.75, 3.05) is 20.8 Å². The summed E-state index contributed by atoms with van der Waals surface area (Å²) < 4.78 is 10.9. The van der Waals surface area contributed by atoms with Gasteiger partial charge in [0, 0.05) is 24.2 Å². The number of nitrogens with one attached hydrogen (secondary N) is 2. The minimum atomic E-state index is 0.313. The van der Waals surface area contributed by atoms with Crippen molar-refractivity contribution >= 4 is 0 Å². The Balaban J connectivity index is 1.74. The van der Waals surface area contributed by atoms with Crippen molar-refractivity contribution in [3.05, 3.63) is 59.2 Å². The van der Waals surface area contributed by atoms with E-state index in [1.165, 1.54) is 23.1 Å². The van der Waals surface area contributed by atoms with Gasteiger partial charge in [0.1, 0.15) is 11.5 Å². The van der Waals surface area contributed by atoms with Crippen LogP contribution in [0.25, 0.3) is 0 Å². The second-order valence-electron chi connectivity index (χ2n) is 6.60. The average molecular weight is 340 g/mol. The predicted octanol–water partition coefficient (Wildman–Crippen LogP) is 3.60. The molecule has 0 spiro atoms. The van der Waals surface area contributed by atoms with Crippen LogP contribution in [-0.4, -0.2) is 26.8 Å². The van der Waals surface area contributed by atoms with Crippen LogP contribution in [-0.2, 0) is 6.54 Å². The number of benzene rings is 2. The van der Waals surface area contributed by atoms with Gasteiger partial charge in [-0.3, -0.25) is 0 Å². The molecule has 2 aromatic carbocycles. The van der Waals surface area contributed by atoms with E-state index in [1.54, 1.807) is 14.2 Å². The van der Waals surface area contributed by atoms with Crippen LogP contribution in [0, 0.1) is 6.92 Å². The molecule has 2 aromatic rings. The molecule has 1 fully saturated rings. The SMILES string of the molecule is COc1ccc([C@H]2NCCC[C@H]2NCc2ccccc2OC)cc1C. The van der Waals surface area contributed by atoms with Gasteiger partial charge in [0.05, 0.1) is 14.2 Å². The summed E-state index contributed by atoms with van der Waals surface area (Å²) in [6.07, 6.45) is 2.35. The molecule has 4 nitrogen and oxygen atoms in total. The molecule has 1 heterocycles. The molecule has 3 rings (SSSR count). The monoisotopic (exact) mass is 340 g/mol. The zero-order valence-electron chi connectivity index (χ0n) is 15.3. The van der Waals surface area contributed by atoms with E-state index < -0.39 is 0 Å². The fraction of sp³-hybridized carbons (Fsp3) is 0.429. The van der Waals surface area contributed by atoms with E-state index in [0.717, 1.165) is 31.0 Å². The molecule has 0 aromatic heterocycles. The number of rotatable bonds is 6. The Morgan fingerprint density at radius 3 is 2.64 bits per heavy atom. The normalized spacial score (nSPS) is 20.3. The average Bonchev–Trinajstić information content (AvgIpc) is 2.66. The van der Waals surface area contributed by atoms with Crippen molar-refractivity contribution in [1.29, 1.82) is 0 Å². The molecule has 1 aliphatic rings. The Hall–Kier alpha value is -2.04. The highest BCUT2D eigenvalue weighted by atomic mass is 16.5. The van der Waals surface area contributed by atoms with Crippen molar-refractivity contribution in [2.45, 2.75) is 38.4 Å². The third-order valence-electron chi connectivity index (χ3n) is 4.98. The molecule has 0 radical (unpaired) electrons. The van der Waals surface area contributed by atoms with Crippen LogP contribution in [0.4, 0.5) is 0 Å². The molecule has 0 unspecified atom stereocenters. The highest BCUT2D eigenvalue weighted by molar-refractivity contribution is 5.38. The molecule has 0 saturated carbocycles. The van der Waals surface area contributed by atoms with E-state index in [0.29, 0.717) is 12.1 Å². The third kappa shape index (κ3) is 4.14. The lowest BCUT2D eigenvalue weighted by Gasteiger charge is -2.34. The Labute approximate surface area is 150 Å². The largest absolute Gasteiger partial charge is 0.496 e. The molecule has 2 N–H and O–H groups in total. The minimum absolute atomic E-state index is 0.313. The van der Waals surface area contributed by atoms with Gasteiger partial charge >= 0.3 is 0 Å². The minimum Gasteiger partial charge on any atom is -0.496 e. The number of methoxy groups -OCH3 is 2. The molecule has 4 heteroatoms. The summed E-state index contributed by atoms with van der Waals surface area (Å²) in [5.41, 5.74) is 3.69. The smallest absolute Gasteiger partial charge is 0.123 e. The van der Waals surface area contributed by atoms with E-state index in [9.17, 15) is 0 Å². The van der Waals surface area contributed by atoms with Crippen LogP contribution in [0.3, 0.4) is 0 Å². The lowest BCUT2D eigenvalue weighted by Crippen LogP contribution is -2.45.